The van der Waals surface area contributed by atoms with Crippen molar-refractivity contribution in [1.82, 2.24) is 4.31 Å². The maximum absolute atomic E-state index is 12.4. The van der Waals surface area contributed by atoms with Gasteiger partial charge in [-0.05, 0) is 49.4 Å². The Morgan fingerprint density at radius 3 is 2.67 bits per heavy atom. The molecular formula is C13H17NO3S. The molecule has 0 saturated carbocycles. The predicted octanol–water partition coefficient (Wildman–Crippen LogP) is 1.80. The van der Waals surface area contributed by atoms with Gasteiger partial charge in [-0.1, -0.05) is 0 Å². The Labute approximate surface area is 108 Å². The molecule has 98 valence electrons. The zero-order chi connectivity index (χ0) is 12.6. The van der Waals surface area contributed by atoms with Gasteiger partial charge in [-0.25, -0.2) is 8.42 Å². The Kier molecular flexibility index (Phi) is 3.03. The number of benzene rings is 1. The molecule has 2 aliphatic heterocycles. The predicted molar refractivity (Wildman–Crippen MR) is 68.3 cm³/mol. The second-order valence-corrected chi connectivity index (χ2v) is 6.77. The van der Waals surface area contributed by atoms with Gasteiger partial charge in [-0.3, -0.25) is 0 Å². The molecule has 4 nitrogen and oxygen atoms in total. The molecule has 1 aromatic carbocycles. The zero-order valence-electron chi connectivity index (χ0n) is 10.3. The number of nitrogens with zero attached hydrogens (tertiary/aromatic N) is 1. The van der Waals surface area contributed by atoms with E-state index in [1.54, 1.807) is 22.5 Å². The van der Waals surface area contributed by atoms with Gasteiger partial charge in [0.1, 0.15) is 5.75 Å². The Hall–Kier alpha value is -1.07. The zero-order valence-corrected chi connectivity index (χ0v) is 11.1. The van der Waals surface area contributed by atoms with Gasteiger partial charge in [0.05, 0.1) is 11.5 Å². The molecule has 0 atom stereocenters. The highest BCUT2D eigenvalue weighted by Gasteiger charge is 2.28. The SMILES string of the molecule is O=S(=O)(c1ccc2c(c1)CCCO2)N1CCCC1. The normalized spacial score (nSPS) is 20.4. The summed E-state index contributed by atoms with van der Waals surface area (Å²) in [6.45, 7) is 2.02. The molecule has 0 bridgehead atoms. The fourth-order valence-corrected chi connectivity index (χ4v) is 4.14. The minimum absolute atomic E-state index is 0.411. The fourth-order valence-electron chi connectivity index (χ4n) is 2.57. The van der Waals surface area contributed by atoms with E-state index in [4.69, 9.17) is 4.74 Å². The number of rotatable bonds is 2. The molecule has 1 fully saturated rings. The molecule has 0 amide bonds. The lowest BCUT2D eigenvalue weighted by Crippen LogP contribution is -2.28. The largest absolute Gasteiger partial charge is 0.493 e. The summed E-state index contributed by atoms with van der Waals surface area (Å²) in [4.78, 5) is 0.411. The molecule has 0 N–H and O–H groups in total. The molecule has 0 aliphatic carbocycles. The van der Waals surface area contributed by atoms with E-state index < -0.39 is 10.0 Å². The summed E-state index contributed by atoms with van der Waals surface area (Å²) in [5.74, 6) is 0.835. The molecular weight excluding hydrogens is 250 g/mol. The van der Waals surface area contributed by atoms with Gasteiger partial charge in [-0.15, -0.1) is 0 Å². The second-order valence-electron chi connectivity index (χ2n) is 4.83. The van der Waals surface area contributed by atoms with Gasteiger partial charge in [0.15, 0.2) is 0 Å². The summed E-state index contributed by atoms with van der Waals surface area (Å²) >= 11 is 0. The van der Waals surface area contributed by atoms with Gasteiger partial charge in [0.25, 0.3) is 0 Å². The van der Waals surface area contributed by atoms with Crippen LogP contribution in [-0.2, 0) is 16.4 Å². The van der Waals surface area contributed by atoms with Crippen LogP contribution in [-0.4, -0.2) is 32.4 Å². The average Bonchev–Trinajstić information content (AvgIpc) is 2.92. The van der Waals surface area contributed by atoms with E-state index in [0.717, 1.165) is 43.6 Å². The van der Waals surface area contributed by atoms with Crippen LogP contribution < -0.4 is 4.74 Å². The molecule has 0 unspecified atom stereocenters. The topological polar surface area (TPSA) is 46.6 Å². The van der Waals surface area contributed by atoms with Crippen LogP contribution in [0.1, 0.15) is 24.8 Å². The van der Waals surface area contributed by atoms with E-state index in [1.165, 1.54) is 0 Å². The van der Waals surface area contributed by atoms with Crippen LogP contribution in [0.15, 0.2) is 23.1 Å². The van der Waals surface area contributed by atoms with Crippen molar-refractivity contribution in [3.63, 3.8) is 0 Å². The fraction of sp³-hybridized carbons (Fsp3) is 0.538. The van der Waals surface area contributed by atoms with Crippen LogP contribution in [0.5, 0.6) is 5.75 Å². The van der Waals surface area contributed by atoms with Crippen LogP contribution in [0.2, 0.25) is 0 Å². The summed E-state index contributed by atoms with van der Waals surface area (Å²) in [5.41, 5.74) is 1.02. The number of hydrogen-bond donors (Lipinski definition) is 0. The number of hydrogen-bond acceptors (Lipinski definition) is 3. The summed E-state index contributed by atoms with van der Waals surface area (Å²) in [5, 5.41) is 0. The van der Waals surface area contributed by atoms with Crippen LogP contribution in [0, 0.1) is 0 Å². The van der Waals surface area contributed by atoms with Crippen molar-refractivity contribution in [3.8, 4) is 5.75 Å². The Bertz CT molecular complexity index is 547. The smallest absolute Gasteiger partial charge is 0.243 e. The highest BCUT2D eigenvalue weighted by atomic mass is 32.2. The third-order valence-electron chi connectivity index (χ3n) is 3.58. The first-order chi connectivity index (χ1) is 8.68. The molecule has 2 aliphatic rings. The first kappa shape index (κ1) is 12.0. The Morgan fingerprint density at radius 2 is 1.89 bits per heavy atom. The Morgan fingerprint density at radius 1 is 1.11 bits per heavy atom. The maximum atomic E-state index is 12.4. The molecule has 0 radical (unpaired) electrons. The second kappa shape index (κ2) is 4.55. The van der Waals surface area contributed by atoms with E-state index in [2.05, 4.69) is 0 Å². The highest BCUT2D eigenvalue weighted by Crippen LogP contribution is 2.29. The third-order valence-corrected chi connectivity index (χ3v) is 5.48. The minimum atomic E-state index is -3.29. The monoisotopic (exact) mass is 267 g/mol. The molecule has 0 spiro atoms. The van der Waals surface area contributed by atoms with Gasteiger partial charge < -0.3 is 4.74 Å². The molecule has 1 aromatic rings. The molecule has 2 heterocycles. The number of aryl methyl sites for hydroxylation is 1. The van der Waals surface area contributed by atoms with Gasteiger partial charge >= 0.3 is 0 Å². The van der Waals surface area contributed by atoms with Crippen molar-refractivity contribution in [2.45, 2.75) is 30.6 Å². The van der Waals surface area contributed by atoms with Crippen molar-refractivity contribution < 1.29 is 13.2 Å². The third kappa shape index (κ3) is 2.01. The van der Waals surface area contributed by atoms with E-state index in [0.29, 0.717) is 18.0 Å². The van der Waals surface area contributed by atoms with Crippen molar-refractivity contribution in [1.29, 1.82) is 0 Å². The number of fused-ring (bicyclic) bond motifs is 1. The number of sulfonamides is 1. The highest BCUT2D eigenvalue weighted by molar-refractivity contribution is 7.89. The minimum Gasteiger partial charge on any atom is -0.493 e. The van der Waals surface area contributed by atoms with Crippen molar-refractivity contribution in [2.75, 3.05) is 19.7 Å². The summed E-state index contributed by atoms with van der Waals surface area (Å²) in [7, 11) is -3.29. The van der Waals surface area contributed by atoms with Gasteiger partial charge in [0.2, 0.25) is 10.0 Å². The average molecular weight is 267 g/mol. The Balaban J connectivity index is 1.96. The van der Waals surface area contributed by atoms with E-state index in [1.807, 2.05) is 0 Å². The van der Waals surface area contributed by atoms with Crippen LogP contribution in [0.4, 0.5) is 0 Å². The maximum Gasteiger partial charge on any atom is 0.243 e. The van der Waals surface area contributed by atoms with E-state index >= 15 is 0 Å². The molecule has 5 heteroatoms. The first-order valence-corrected chi connectivity index (χ1v) is 7.88. The van der Waals surface area contributed by atoms with Gasteiger partial charge in [0, 0.05) is 13.1 Å². The molecule has 18 heavy (non-hydrogen) atoms. The van der Waals surface area contributed by atoms with Gasteiger partial charge in [-0.2, -0.15) is 4.31 Å². The molecule has 3 rings (SSSR count). The number of ether oxygens (including phenoxy) is 1. The molecule has 1 saturated heterocycles. The lowest BCUT2D eigenvalue weighted by atomic mass is 10.1. The summed E-state index contributed by atoms with van der Waals surface area (Å²) in [6, 6.07) is 5.23. The van der Waals surface area contributed by atoms with Crippen molar-refractivity contribution in [3.05, 3.63) is 23.8 Å². The van der Waals surface area contributed by atoms with Crippen LogP contribution in [0.25, 0.3) is 0 Å². The standard InChI is InChI=1S/C13H17NO3S/c15-18(16,14-7-1-2-8-14)12-5-6-13-11(10-12)4-3-9-17-13/h5-6,10H,1-4,7-9H2. The van der Waals surface area contributed by atoms with Crippen LogP contribution >= 0.6 is 0 Å². The lowest BCUT2D eigenvalue weighted by molar-refractivity contribution is 0.288. The summed E-state index contributed by atoms with van der Waals surface area (Å²) in [6.07, 6.45) is 3.79. The lowest BCUT2D eigenvalue weighted by Gasteiger charge is -2.20. The van der Waals surface area contributed by atoms with E-state index in [9.17, 15) is 8.42 Å². The van der Waals surface area contributed by atoms with Crippen molar-refractivity contribution >= 4 is 10.0 Å². The van der Waals surface area contributed by atoms with Crippen LogP contribution in [0.3, 0.4) is 0 Å². The first-order valence-electron chi connectivity index (χ1n) is 6.44. The summed E-state index contributed by atoms with van der Waals surface area (Å²) < 4.78 is 31.9. The molecule has 0 aromatic heterocycles. The van der Waals surface area contributed by atoms with Crippen molar-refractivity contribution in [2.24, 2.45) is 0 Å². The van der Waals surface area contributed by atoms with E-state index in [-0.39, 0.29) is 0 Å². The quantitative estimate of drug-likeness (QED) is 0.821.